The second-order valence-corrected chi connectivity index (χ2v) is 13.1. The molecule has 2 amide bonds. The van der Waals surface area contributed by atoms with Crippen molar-refractivity contribution in [2.45, 2.75) is 57.0 Å². The third-order valence-corrected chi connectivity index (χ3v) is 10.4. The Bertz CT molecular complexity index is 1510. The number of fused-ring (bicyclic) bond motifs is 3. The van der Waals surface area contributed by atoms with E-state index in [9.17, 15) is 9.59 Å². The highest BCUT2D eigenvalue weighted by molar-refractivity contribution is 5.98. The Morgan fingerprint density at radius 2 is 1.67 bits per heavy atom. The molecule has 0 aliphatic carbocycles. The van der Waals surface area contributed by atoms with Gasteiger partial charge in [0.15, 0.2) is 0 Å². The first-order valence-corrected chi connectivity index (χ1v) is 17.2. The number of hydrogen-bond acceptors (Lipinski definition) is 6. The first-order valence-electron chi connectivity index (χ1n) is 17.2. The first-order chi connectivity index (χ1) is 22.6. The summed E-state index contributed by atoms with van der Waals surface area (Å²) in [4.78, 5) is 34.4. The van der Waals surface area contributed by atoms with Gasteiger partial charge in [-0.05, 0) is 81.8 Å². The molecule has 4 heterocycles. The maximum absolute atomic E-state index is 14.0. The van der Waals surface area contributed by atoms with Gasteiger partial charge in [-0.2, -0.15) is 0 Å². The van der Waals surface area contributed by atoms with Crippen LogP contribution in [0.5, 0.6) is 11.5 Å². The number of piperazine rings is 1. The van der Waals surface area contributed by atoms with Crippen LogP contribution in [0.2, 0.25) is 0 Å². The van der Waals surface area contributed by atoms with E-state index >= 15 is 0 Å². The minimum absolute atomic E-state index is 0.0369. The molecule has 7 rings (SSSR count). The Kier molecular flexibility index (Phi) is 9.00. The van der Waals surface area contributed by atoms with Crippen molar-refractivity contribution in [3.05, 3.63) is 89.0 Å². The van der Waals surface area contributed by atoms with Crippen molar-refractivity contribution in [1.29, 1.82) is 0 Å². The summed E-state index contributed by atoms with van der Waals surface area (Å²) in [6, 6.07) is 22.4. The molecule has 3 aromatic carbocycles. The molecule has 1 atom stereocenters. The average molecular weight is 623 g/mol. The van der Waals surface area contributed by atoms with Crippen LogP contribution in [0.4, 0.5) is 5.69 Å². The summed E-state index contributed by atoms with van der Waals surface area (Å²) in [5.74, 6) is 1.70. The lowest BCUT2D eigenvalue weighted by molar-refractivity contribution is -0.125. The second kappa shape index (κ2) is 13.5. The maximum Gasteiger partial charge on any atom is 0.254 e. The Morgan fingerprint density at radius 1 is 0.935 bits per heavy atom. The van der Waals surface area contributed by atoms with E-state index in [1.165, 1.54) is 6.42 Å². The molecule has 2 saturated heterocycles. The van der Waals surface area contributed by atoms with Crippen LogP contribution < -0.4 is 15.0 Å². The zero-order valence-corrected chi connectivity index (χ0v) is 27.0. The molecule has 4 aliphatic rings. The quantitative estimate of drug-likeness (QED) is 0.345. The van der Waals surface area contributed by atoms with Crippen LogP contribution >= 0.6 is 0 Å². The van der Waals surface area contributed by atoms with Gasteiger partial charge in [0, 0.05) is 74.8 Å². The van der Waals surface area contributed by atoms with Gasteiger partial charge < -0.3 is 24.6 Å². The summed E-state index contributed by atoms with van der Waals surface area (Å²) in [6.07, 6.45) is 6.01. The van der Waals surface area contributed by atoms with E-state index in [2.05, 4.69) is 33.3 Å². The molecule has 0 radical (unpaired) electrons. The molecule has 8 nitrogen and oxygen atoms in total. The molecule has 0 aromatic heterocycles. The number of amides is 2. The van der Waals surface area contributed by atoms with Crippen LogP contribution in [0.1, 0.15) is 66.1 Å². The molecule has 8 heteroatoms. The van der Waals surface area contributed by atoms with Crippen molar-refractivity contribution in [2.24, 2.45) is 0 Å². The van der Waals surface area contributed by atoms with Crippen LogP contribution in [0.25, 0.3) is 0 Å². The lowest BCUT2D eigenvalue weighted by Crippen LogP contribution is -2.49. The number of nitrogens with one attached hydrogen (secondary N) is 1. The number of carbonyl (C=O) groups excluding carboxylic acids is 2. The summed E-state index contributed by atoms with van der Waals surface area (Å²) in [5, 5.41) is 3.15. The lowest BCUT2D eigenvalue weighted by Gasteiger charge is -2.40. The fourth-order valence-electron chi connectivity index (χ4n) is 7.89. The number of ether oxygens (including phenoxy) is 2. The van der Waals surface area contributed by atoms with Crippen molar-refractivity contribution in [3.63, 3.8) is 0 Å². The van der Waals surface area contributed by atoms with Gasteiger partial charge in [0.1, 0.15) is 16.9 Å². The molecule has 0 saturated carbocycles. The molecular weight excluding hydrogens is 576 g/mol. The second-order valence-electron chi connectivity index (χ2n) is 13.1. The van der Waals surface area contributed by atoms with E-state index in [-0.39, 0.29) is 17.9 Å². The van der Waals surface area contributed by atoms with Gasteiger partial charge >= 0.3 is 0 Å². The first kappa shape index (κ1) is 30.8. The summed E-state index contributed by atoms with van der Waals surface area (Å²) >= 11 is 0. The average Bonchev–Trinajstić information content (AvgIpc) is 3.10. The van der Waals surface area contributed by atoms with E-state index in [0.717, 1.165) is 111 Å². The Labute approximate surface area is 272 Å². The van der Waals surface area contributed by atoms with Crippen molar-refractivity contribution in [2.75, 3.05) is 63.9 Å². The molecule has 4 aliphatic heterocycles. The predicted molar refractivity (Wildman–Crippen MR) is 180 cm³/mol. The number of rotatable bonds is 9. The molecule has 0 bridgehead atoms. The fraction of sp³-hybridized carbons (Fsp3) is 0.474. The molecule has 0 spiro atoms. The fourth-order valence-corrected chi connectivity index (χ4v) is 7.89. The van der Waals surface area contributed by atoms with Gasteiger partial charge in [-0.3, -0.25) is 14.5 Å². The zero-order chi connectivity index (χ0) is 31.5. The van der Waals surface area contributed by atoms with Crippen LogP contribution in [0, 0.1) is 0 Å². The standard InChI is InChI=1S/C38H46N4O4/c1-2-39-37(44)38(32-11-3-5-13-34(32)46-35-14-6-4-12-33(35)38)18-9-19-40-21-23-41(24-22-40)29-16-15-28-17-20-42(36(43)31(28)26-29)27-30-10-7-8-25-45-30/h3-6,11-16,26,30H,2,7-10,17-25,27H2,1H3,(H,39,44). The summed E-state index contributed by atoms with van der Waals surface area (Å²) in [6.45, 7) is 9.47. The van der Waals surface area contributed by atoms with Crippen molar-refractivity contribution < 1.29 is 19.1 Å². The van der Waals surface area contributed by atoms with Crippen molar-refractivity contribution in [1.82, 2.24) is 15.1 Å². The number of carbonyl (C=O) groups is 2. The minimum Gasteiger partial charge on any atom is -0.457 e. The summed E-state index contributed by atoms with van der Waals surface area (Å²) < 4.78 is 12.2. The SMILES string of the molecule is CCNC(=O)C1(CCCN2CCN(c3ccc4c(c3)C(=O)N(CC3CCCCO3)CC4)CC2)c2ccccc2Oc2ccccc21. The van der Waals surface area contributed by atoms with Gasteiger partial charge in [-0.1, -0.05) is 42.5 Å². The molecule has 1 unspecified atom stereocenters. The topological polar surface area (TPSA) is 74.4 Å². The van der Waals surface area contributed by atoms with Crippen molar-refractivity contribution in [3.8, 4) is 11.5 Å². The summed E-state index contributed by atoms with van der Waals surface area (Å²) in [5.41, 5.74) is 4.23. The highest BCUT2D eigenvalue weighted by atomic mass is 16.5. The summed E-state index contributed by atoms with van der Waals surface area (Å²) in [7, 11) is 0. The van der Waals surface area contributed by atoms with E-state index in [1.807, 2.05) is 60.4 Å². The largest absolute Gasteiger partial charge is 0.457 e. The smallest absolute Gasteiger partial charge is 0.254 e. The molecule has 3 aromatic rings. The van der Waals surface area contributed by atoms with E-state index < -0.39 is 5.41 Å². The molecule has 1 N–H and O–H groups in total. The van der Waals surface area contributed by atoms with Crippen LogP contribution in [0.3, 0.4) is 0 Å². The van der Waals surface area contributed by atoms with Gasteiger partial charge in [-0.25, -0.2) is 0 Å². The predicted octanol–water partition coefficient (Wildman–Crippen LogP) is 5.38. The molecule has 46 heavy (non-hydrogen) atoms. The monoisotopic (exact) mass is 622 g/mol. The Hall–Kier alpha value is -3.88. The van der Waals surface area contributed by atoms with Crippen LogP contribution in [-0.2, 0) is 21.4 Å². The number of nitrogens with zero attached hydrogens (tertiary/aromatic N) is 3. The van der Waals surface area contributed by atoms with Gasteiger partial charge in [0.2, 0.25) is 5.91 Å². The number of likely N-dealkylation sites (N-methyl/N-ethyl adjacent to an activating group) is 1. The molecule has 242 valence electrons. The van der Waals surface area contributed by atoms with Crippen LogP contribution in [-0.4, -0.2) is 86.7 Å². The van der Waals surface area contributed by atoms with E-state index in [4.69, 9.17) is 9.47 Å². The van der Waals surface area contributed by atoms with E-state index in [0.29, 0.717) is 19.5 Å². The number of benzene rings is 3. The number of para-hydroxylation sites is 2. The van der Waals surface area contributed by atoms with Crippen molar-refractivity contribution >= 4 is 17.5 Å². The van der Waals surface area contributed by atoms with E-state index in [1.54, 1.807) is 0 Å². The highest BCUT2D eigenvalue weighted by Crippen LogP contribution is 2.50. The van der Waals surface area contributed by atoms with Gasteiger partial charge in [-0.15, -0.1) is 0 Å². The highest BCUT2D eigenvalue weighted by Gasteiger charge is 2.47. The van der Waals surface area contributed by atoms with Crippen LogP contribution in [0.15, 0.2) is 66.7 Å². The molecular formula is C38H46N4O4. The zero-order valence-electron chi connectivity index (χ0n) is 27.0. The Morgan fingerprint density at radius 3 is 2.37 bits per heavy atom. The number of hydrogen-bond donors (Lipinski definition) is 1. The van der Waals surface area contributed by atoms with Gasteiger partial charge in [0.05, 0.1) is 6.10 Å². The minimum atomic E-state index is -0.796. The lowest BCUT2D eigenvalue weighted by atomic mass is 9.68. The normalized spacial score (nSPS) is 20.7. The van der Waals surface area contributed by atoms with Gasteiger partial charge in [0.25, 0.3) is 5.91 Å². The number of anilines is 1. The third kappa shape index (κ3) is 5.89. The maximum atomic E-state index is 14.0. The third-order valence-electron chi connectivity index (χ3n) is 10.4. The Balaban J connectivity index is 0.999. The molecule has 2 fully saturated rings.